The summed E-state index contributed by atoms with van der Waals surface area (Å²) in [6.45, 7) is 7.46. The minimum absolute atomic E-state index is 0.00659. The lowest BCUT2D eigenvalue weighted by Crippen LogP contribution is -2.50. The number of carbonyl (C=O) groups is 1. The summed E-state index contributed by atoms with van der Waals surface area (Å²) in [5, 5.41) is 9.26. The van der Waals surface area contributed by atoms with Crippen molar-refractivity contribution in [2.75, 3.05) is 37.7 Å². The van der Waals surface area contributed by atoms with Gasteiger partial charge in [0.15, 0.2) is 6.61 Å². The molecular formula is C21H26N2O3. The summed E-state index contributed by atoms with van der Waals surface area (Å²) in [5.74, 6) is 1.29. The van der Waals surface area contributed by atoms with Gasteiger partial charge in [-0.05, 0) is 47.9 Å². The summed E-state index contributed by atoms with van der Waals surface area (Å²) in [6.07, 6.45) is 0. The molecule has 5 heteroatoms. The van der Waals surface area contributed by atoms with Crippen LogP contribution in [0.1, 0.15) is 25.3 Å². The van der Waals surface area contributed by atoms with Gasteiger partial charge in [-0.15, -0.1) is 0 Å². The van der Waals surface area contributed by atoms with Gasteiger partial charge in [0.05, 0.1) is 0 Å². The lowest BCUT2D eigenvalue weighted by atomic mass is 10.0. The number of piperazine rings is 1. The Morgan fingerprint density at radius 1 is 1.00 bits per heavy atom. The molecule has 0 radical (unpaired) electrons. The third-order valence-electron chi connectivity index (χ3n) is 4.76. The van der Waals surface area contributed by atoms with Crippen molar-refractivity contribution >= 4 is 11.6 Å². The van der Waals surface area contributed by atoms with Gasteiger partial charge in [-0.1, -0.05) is 26.0 Å². The lowest BCUT2D eigenvalue weighted by Gasteiger charge is -2.36. The van der Waals surface area contributed by atoms with Crippen LogP contribution >= 0.6 is 0 Å². The fraction of sp³-hybridized carbons (Fsp3) is 0.381. The number of nitrogens with zero attached hydrogens (tertiary/aromatic N) is 2. The van der Waals surface area contributed by atoms with Crippen molar-refractivity contribution < 1.29 is 14.6 Å². The van der Waals surface area contributed by atoms with Gasteiger partial charge in [-0.3, -0.25) is 4.79 Å². The number of ether oxygens (including phenoxy) is 1. The van der Waals surface area contributed by atoms with E-state index in [1.54, 1.807) is 24.3 Å². The van der Waals surface area contributed by atoms with Gasteiger partial charge in [0.2, 0.25) is 0 Å². The Bertz CT molecular complexity index is 718. The van der Waals surface area contributed by atoms with E-state index in [9.17, 15) is 9.90 Å². The highest BCUT2D eigenvalue weighted by molar-refractivity contribution is 5.78. The Morgan fingerprint density at radius 3 is 2.19 bits per heavy atom. The molecule has 0 unspecified atom stereocenters. The van der Waals surface area contributed by atoms with Crippen LogP contribution in [-0.4, -0.2) is 48.7 Å². The van der Waals surface area contributed by atoms with E-state index in [0.717, 1.165) is 13.1 Å². The molecule has 2 aromatic carbocycles. The molecule has 1 aliphatic heterocycles. The van der Waals surface area contributed by atoms with Crippen LogP contribution in [0.5, 0.6) is 11.5 Å². The van der Waals surface area contributed by atoms with Crippen LogP contribution in [0.4, 0.5) is 5.69 Å². The van der Waals surface area contributed by atoms with Crippen molar-refractivity contribution in [3.05, 3.63) is 54.1 Å². The first kappa shape index (κ1) is 18.1. The van der Waals surface area contributed by atoms with Crippen LogP contribution in [0.2, 0.25) is 0 Å². The molecule has 0 saturated carbocycles. The molecule has 0 spiro atoms. The van der Waals surface area contributed by atoms with Crippen molar-refractivity contribution in [2.24, 2.45) is 0 Å². The van der Waals surface area contributed by atoms with E-state index in [4.69, 9.17) is 4.74 Å². The number of carbonyl (C=O) groups excluding carboxylic acids is 1. The molecule has 5 nitrogen and oxygen atoms in total. The summed E-state index contributed by atoms with van der Waals surface area (Å²) in [5.41, 5.74) is 2.55. The molecule has 1 amide bonds. The molecule has 138 valence electrons. The highest BCUT2D eigenvalue weighted by atomic mass is 16.5. The summed E-state index contributed by atoms with van der Waals surface area (Å²) < 4.78 is 5.51. The Morgan fingerprint density at radius 2 is 1.62 bits per heavy atom. The van der Waals surface area contributed by atoms with Gasteiger partial charge in [-0.2, -0.15) is 0 Å². The van der Waals surface area contributed by atoms with Crippen molar-refractivity contribution in [1.29, 1.82) is 0 Å². The monoisotopic (exact) mass is 354 g/mol. The van der Waals surface area contributed by atoms with E-state index in [-0.39, 0.29) is 18.3 Å². The molecule has 0 aliphatic carbocycles. The number of rotatable bonds is 5. The van der Waals surface area contributed by atoms with Crippen molar-refractivity contribution in [3.63, 3.8) is 0 Å². The second-order valence-electron chi connectivity index (χ2n) is 6.90. The van der Waals surface area contributed by atoms with E-state index >= 15 is 0 Å². The first-order chi connectivity index (χ1) is 12.5. The van der Waals surface area contributed by atoms with Gasteiger partial charge in [-0.25, -0.2) is 0 Å². The highest BCUT2D eigenvalue weighted by Crippen LogP contribution is 2.21. The second kappa shape index (κ2) is 8.13. The molecule has 1 aliphatic rings. The predicted molar refractivity (Wildman–Crippen MR) is 103 cm³/mol. The first-order valence-electron chi connectivity index (χ1n) is 9.07. The second-order valence-corrected chi connectivity index (χ2v) is 6.90. The maximum Gasteiger partial charge on any atom is 0.260 e. The largest absolute Gasteiger partial charge is 0.508 e. The minimum atomic E-state index is -0.00659. The van der Waals surface area contributed by atoms with Gasteiger partial charge in [0, 0.05) is 31.9 Å². The normalized spacial score (nSPS) is 14.6. The maximum absolute atomic E-state index is 12.3. The third kappa shape index (κ3) is 4.48. The van der Waals surface area contributed by atoms with Crippen LogP contribution in [-0.2, 0) is 4.79 Å². The van der Waals surface area contributed by atoms with E-state index in [1.807, 2.05) is 4.90 Å². The van der Waals surface area contributed by atoms with E-state index < -0.39 is 0 Å². The molecule has 0 atom stereocenters. The zero-order valence-corrected chi connectivity index (χ0v) is 15.4. The standard InChI is InChI=1S/C21H26N2O3/c1-16(2)17-3-5-18(6-4-17)22-11-13-23(14-12-22)21(25)15-26-20-9-7-19(24)8-10-20/h3-10,16,24H,11-15H2,1-2H3. The van der Waals surface area contributed by atoms with Gasteiger partial charge >= 0.3 is 0 Å². The van der Waals surface area contributed by atoms with Crippen LogP contribution in [0.25, 0.3) is 0 Å². The zero-order valence-electron chi connectivity index (χ0n) is 15.4. The van der Waals surface area contributed by atoms with E-state index in [0.29, 0.717) is 24.8 Å². The molecule has 1 fully saturated rings. The number of anilines is 1. The molecule has 1 saturated heterocycles. The molecule has 26 heavy (non-hydrogen) atoms. The number of aromatic hydroxyl groups is 1. The summed E-state index contributed by atoms with van der Waals surface area (Å²) in [6, 6.07) is 15.1. The molecule has 1 N–H and O–H groups in total. The molecule has 3 rings (SSSR count). The summed E-state index contributed by atoms with van der Waals surface area (Å²) in [4.78, 5) is 16.5. The van der Waals surface area contributed by atoms with Crippen LogP contribution in [0, 0.1) is 0 Å². The minimum Gasteiger partial charge on any atom is -0.508 e. The van der Waals surface area contributed by atoms with Crippen LogP contribution in [0.15, 0.2) is 48.5 Å². The zero-order chi connectivity index (χ0) is 18.5. The van der Waals surface area contributed by atoms with Crippen molar-refractivity contribution in [3.8, 4) is 11.5 Å². The number of phenols is 1. The van der Waals surface area contributed by atoms with E-state index in [2.05, 4.69) is 43.0 Å². The number of hydrogen-bond donors (Lipinski definition) is 1. The Balaban J connectivity index is 1.48. The first-order valence-corrected chi connectivity index (χ1v) is 9.07. The topological polar surface area (TPSA) is 53.0 Å². The molecule has 1 heterocycles. The van der Waals surface area contributed by atoms with Gasteiger partial charge in [0.25, 0.3) is 5.91 Å². The quantitative estimate of drug-likeness (QED) is 0.896. The number of phenolic OH excluding ortho intramolecular Hbond substituents is 1. The number of amides is 1. The number of hydrogen-bond acceptors (Lipinski definition) is 4. The van der Waals surface area contributed by atoms with E-state index in [1.165, 1.54) is 11.3 Å². The fourth-order valence-electron chi connectivity index (χ4n) is 3.06. The van der Waals surface area contributed by atoms with Crippen molar-refractivity contribution in [1.82, 2.24) is 4.90 Å². The predicted octanol–water partition coefficient (Wildman–Crippen LogP) is 3.24. The molecule has 0 aromatic heterocycles. The molecule has 2 aromatic rings. The average Bonchev–Trinajstić information content (AvgIpc) is 2.67. The van der Waals surface area contributed by atoms with Gasteiger partial charge in [0.1, 0.15) is 11.5 Å². The highest BCUT2D eigenvalue weighted by Gasteiger charge is 2.21. The Labute approximate surface area is 154 Å². The average molecular weight is 354 g/mol. The number of benzene rings is 2. The third-order valence-corrected chi connectivity index (χ3v) is 4.76. The summed E-state index contributed by atoms with van der Waals surface area (Å²) >= 11 is 0. The lowest BCUT2D eigenvalue weighted by molar-refractivity contribution is -0.133. The Hall–Kier alpha value is -2.69. The Kier molecular flexibility index (Phi) is 5.66. The SMILES string of the molecule is CC(C)c1ccc(N2CCN(C(=O)COc3ccc(O)cc3)CC2)cc1. The molecular weight excluding hydrogens is 328 g/mol. The summed E-state index contributed by atoms with van der Waals surface area (Å²) in [7, 11) is 0. The smallest absolute Gasteiger partial charge is 0.260 e. The fourth-order valence-corrected chi connectivity index (χ4v) is 3.06. The maximum atomic E-state index is 12.3. The molecule has 0 bridgehead atoms. The van der Waals surface area contributed by atoms with Gasteiger partial charge < -0.3 is 19.6 Å². The van der Waals surface area contributed by atoms with Crippen molar-refractivity contribution in [2.45, 2.75) is 19.8 Å². The van der Waals surface area contributed by atoms with Crippen LogP contribution in [0.3, 0.4) is 0 Å². The van der Waals surface area contributed by atoms with Crippen LogP contribution < -0.4 is 9.64 Å².